The SMILES string of the molecule is Cc1ccc(OC(C)C(=O)Nc2cccc(C#N)c2)c(Br)c1. The minimum atomic E-state index is -0.662. The zero-order valence-corrected chi connectivity index (χ0v) is 13.8. The molecule has 1 unspecified atom stereocenters. The molecule has 0 heterocycles. The smallest absolute Gasteiger partial charge is 0.265 e. The van der Waals surface area contributed by atoms with Crippen molar-refractivity contribution in [3.63, 3.8) is 0 Å². The zero-order valence-electron chi connectivity index (χ0n) is 12.3. The molecule has 5 heteroatoms. The number of hydrogen-bond donors (Lipinski definition) is 1. The first kappa shape index (κ1) is 16.1. The Labute approximate surface area is 137 Å². The molecule has 0 saturated heterocycles. The van der Waals surface area contributed by atoms with Gasteiger partial charge in [-0.25, -0.2) is 0 Å². The van der Waals surface area contributed by atoms with Crippen LogP contribution in [0.5, 0.6) is 5.75 Å². The first-order valence-corrected chi connectivity index (χ1v) is 7.52. The number of halogens is 1. The Morgan fingerprint density at radius 2 is 2.09 bits per heavy atom. The first-order chi connectivity index (χ1) is 10.5. The van der Waals surface area contributed by atoms with Crippen molar-refractivity contribution in [3.8, 4) is 11.8 Å². The summed E-state index contributed by atoms with van der Waals surface area (Å²) in [4.78, 5) is 12.2. The van der Waals surface area contributed by atoms with Crippen LogP contribution in [0.4, 0.5) is 5.69 Å². The van der Waals surface area contributed by atoms with Gasteiger partial charge in [-0.2, -0.15) is 5.26 Å². The van der Waals surface area contributed by atoms with Gasteiger partial charge in [0.25, 0.3) is 5.91 Å². The van der Waals surface area contributed by atoms with Crippen molar-refractivity contribution in [1.82, 2.24) is 0 Å². The minimum Gasteiger partial charge on any atom is -0.480 e. The monoisotopic (exact) mass is 358 g/mol. The maximum absolute atomic E-state index is 12.2. The Morgan fingerprint density at radius 3 is 2.77 bits per heavy atom. The number of carbonyl (C=O) groups excluding carboxylic acids is 1. The third-order valence-corrected chi connectivity index (χ3v) is 3.64. The van der Waals surface area contributed by atoms with Crippen LogP contribution >= 0.6 is 15.9 Å². The second-order valence-corrected chi connectivity index (χ2v) is 5.73. The summed E-state index contributed by atoms with van der Waals surface area (Å²) in [5.41, 5.74) is 2.17. The fourth-order valence-corrected chi connectivity index (χ4v) is 2.44. The summed E-state index contributed by atoms with van der Waals surface area (Å²) in [6, 6.07) is 14.4. The number of nitriles is 1. The highest BCUT2D eigenvalue weighted by Gasteiger charge is 2.16. The lowest BCUT2D eigenvalue weighted by atomic mass is 10.2. The molecule has 1 atom stereocenters. The van der Waals surface area contributed by atoms with Crippen LogP contribution in [0.3, 0.4) is 0 Å². The van der Waals surface area contributed by atoms with Crippen LogP contribution in [-0.4, -0.2) is 12.0 Å². The first-order valence-electron chi connectivity index (χ1n) is 6.73. The number of benzene rings is 2. The average Bonchev–Trinajstić information content (AvgIpc) is 2.50. The molecule has 0 radical (unpaired) electrons. The number of nitrogens with zero attached hydrogens (tertiary/aromatic N) is 1. The van der Waals surface area contributed by atoms with Crippen LogP contribution in [0.1, 0.15) is 18.1 Å². The number of hydrogen-bond acceptors (Lipinski definition) is 3. The van der Waals surface area contributed by atoms with Crippen LogP contribution in [0.25, 0.3) is 0 Å². The second kappa shape index (κ2) is 7.10. The molecular weight excluding hydrogens is 344 g/mol. The number of anilines is 1. The third-order valence-electron chi connectivity index (χ3n) is 3.02. The normalized spacial score (nSPS) is 11.4. The molecule has 0 fully saturated rings. The van der Waals surface area contributed by atoms with E-state index in [-0.39, 0.29) is 5.91 Å². The molecule has 0 spiro atoms. The molecule has 0 aromatic heterocycles. The van der Waals surface area contributed by atoms with E-state index < -0.39 is 6.10 Å². The van der Waals surface area contributed by atoms with Crippen molar-refractivity contribution < 1.29 is 9.53 Å². The molecule has 1 amide bonds. The Kier molecular flexibility index (Phi) is 5.18. The van der Waals surface area contributed by atoms with Crippen molar-refractivity contribution in [3.05, 3.63) is 58.1 Å². The number of aryl methyl sites for hydroxylation is 1. The predicted octanol–water partition coefficient (Wildman–Crippen LogP) is 4.04. The van der Waals surface area contributed by atoms with E-state index in [9.17, 15) is 4.79 Å². The number of rotatable bonds is 4. The van der Waals surface area contributed by atoms with E-state index in [2.05, 4.69) is 21.2 Å². The molecule has 0 bridgehead atoms. The summed E-state index contributed by atoms with van der Waals surface area (Å²) in [7, 11) is 0. The Bertz CT molecular complexity index is 738. The summed E-state index contributed by atoms with van der Waals surface area (Å²) in [6.45, 7) is 3.66. The standard InChI is InChI=1S/C17H15BrN2O2/c1-11-6-7-16(15(18)8-11)22-12(2)17(21)20-14-5-3-4-13(9-14)10-19/h3-9,12H,1-2H3,(H,20,21). The fraction of sp³-hybridized carbons (Fsp3) is 0.176. The lowest BCUT2D eigenvalue weighted by Crippen LogP contribution is -2.30. The molecule has 4 nitrogen and oxygen atoms in total. The second-order valence-electron chi connectivity index (χ2n) is 4.88. The number of carbonyl (C=O) groups is 1. The molecule has 2 rings (SSSR count). The Morgan fingerprint density at radius 1 is 1.32 bits per heavy atom. The van der Waals surface area contributed by atoms with E-state index in [0.717, 1.165) is 10.0 Å². The Balaban J connectivity index is 2.04. The van der Waals surface area contributed by atoms with Gasteiger partial charge in [0.05, 0.1) is 16.1 Å². The summed E-state index contributed by atoms with van der Waals surface area (Å²) >= 11 is 3.42. The minimum absolute atomic E-state index is 0.275. The molecule has 0 aliphatic heterocycles. The van der Waals surface area contributed by atoms with E-state index in [0.29, 0.717) is 17.0 Å². The Hall–Kier alpha value is -2.32. The molecule has 0 aliphatic carbocycles. The predicted molar refractivity (Wildman–Crippen MR) is 88.8 cm³/mol. The highest BCUT2D eigenvalue weighted by molar-refractivity contribution is 9.10. The molecule has 2 aromatic carbocycles. The third kappa shape index (κ3) is 4.09. The number of amides is 1. The highest BCUT2D eigenvalue weighted by Crippen LogP contribution is 2.26. The van der Waals surface area contributed by atoms with Gasteiger partial charge in [-0.1, -0.05) is 12.1 Å². The van der Waals surface area contributed by atoms with E-state index >= 15 is 0 Å². The van der Waals surface area contributed by atoms with Gasteiger partial charge in [0.15, 0.2) is 6.10 Å². The summed E-state index contributed by atoms with van der Waals surface area (Å²) in [5, 5.41) is 11.6. The zero-order chi connectivity index (χ0) is 16.1. The largest absolute Gasteiger partial charge is 0.480 e. The lowest BCUT2D eigenvalue weighted by molar-refractivity contribution is -0.122. The maximum atomic E-state index is 12.2. The highest BCUT2D eigenvalue weighted by atomic mass is 79.9. The van der Waals surface area contributed by atoms with Gasteiger partial charge in [-0.05, 0) is 65.7 Å². The maximum Gasteiger partial charge on any atom is 0.265 e. The van der Waals surface area contributed by atoms with Gasteiger partial charge in [0.1, 0.15) is 5.75 Å². The van der Waals surface area contributed by atoms with Gasteiger partial charge >= 0.3 is 0 Å². The van der Waals surface area contributed by atoms with Crippen molar-refractivity contribution in [1.29, 1.82) is 5.26 Å². The molecule has 0 aliphatic rings. The van der Waals surface area contributed by atoms with Crippen molar-refractivity contribution >= 4 is 27.5 Å². The number of ether oxygens (including phenoxy) is 1. The van der Waals surface area contributed by atoms with Crippen molar-refractivity contribution in [2.45, 2.75) is 20.0 Å². The van der Waals surface area contributed by atoms with Crippen LogP contribution < -0.4 is 10.1 Å². The fourth-order valence-electron chi connectivity index (χ4n) is 1.86. The van der Waals surface area contributed by atoms with Crippen LogP contribution in [0.15, 0.2) is 46.9 Å². The molecule has 2 aromatic rings. The van der Waals surface area contributed by atoms with Gasteiger partial charge in [-0.15, -0.1) is 0 Å². The van der Waals surface area contributed by atoms with E-state index in [1.54, 1.807) is 31.2 Å². The quantitative estimate of drug-likeness (QED) is 0.896. The molecule has 0 saturated carbocycles. The molecule has 1 N–H and O–H groups in total. The van der Waals surface area contributed by atoms with Gasteiger partial charge < -0.3 is 10.1 Å². The summed E-state index contributed by atoms with van der Waals surface area (Å²) < 4.78 is 6.47. The molecular formula is C17H15BrN2O2. The summed E-state index contributed by atoms with van der Waals surface area (Å²) in [5.74, 6) is 0.335. The molecule has 22 heavy (non-hydrogen) atoms. The topological polar surface area (TPSA) is 62.1 Å². The van der Waals surface area contributed by atoms with Gasteiger partial charge in [0.2, 0.25) is 0 Å². The van der Waals surface area contributed by atoms with Crippen molar-refractivity contribution in [2.24, 2.45) is 0 Å². The van der Waals surface area contributed by atoms with Gasteiger partial charge in [0, 0.05) is 5.69 Å². The van der Waals surface area contributed by atoms with Crippen LogP contribution in [-0.2, 0) is 4.79 Å². The van der Waals surface area contributed by atoms with Crippen LogP contribution in [0.2, 0.25) is 0 Å². The van der Waals surface area contributed by atoms with E-state index in [1.807, 2.05) is 31.2 Å². The van der Waals surface area contributed by atoms with Crippen molar-refractivity contribution in [2.75, 3.05) is 5.32 Å². The van der Waals surface area contributed by atoms with E-state index in [4.69, 9.17) is 10.00 Å². The lowest BCUT2D eigenvalue weighted by Gasteiger charge is -2.16. The van der Waals surface area contributed by atoms with E-state index in [1.165, 1.54) is 0 Å². The van der Waals surface area contributed by atoms with Gasteiger partial charge in [-0.3, -0.25) is 4.79 Å². The number of nitrogens with one attached hydrogen (secondary N) is 1. The summed E-state index contributed by atoms with van der Waals surface area (Å²) in [6.07, 6.45) is -0.662. The van der Waals surface area contributed by atoms with Crippen LogP contribution in [0, 0.1) is 18.3 Å². The average molecular weight is 359 g/mol. The molecule has 112 valence electrons.